The van der Waals surface area contributed by atoms with E-state index in [1.807, 2.05) is 19.9 Å². The fourth-order valence-electron chi connectivity index (χ4n) is 2.99. The molecule has 0 bridgehead atoms. The number of guanidine groups is 1. The van der Waals surface area contributed by atoms with Crippen molar-refractivity contribution in [2.24, 2.45) is 4.99 Å². The second-order valence-electron chi connectivity index (χ2n) is 7.26. The zero-order valence-corrected chi connectivity index (χ0v) is 17.5. The van der Waals surface area contributed by atoms with Gasteiger partial charge in [-0.2, -0.15) is 0 Å². The summed E-state index contributed by atoms with van der Waals surface area (Å²) in [5, 5.41) is 7.90. The summed E-state index contributed by atoms with van der Waals surface area (Å²) in [6.07, 6.45) is 0. The molecule has 7 heteroatoms. The second kappa shape index (κ2) is 8.17. The lowest BCUT2D eigenvalue weighted by Crippen LogP contribution is -2.43. The van der Waals surface area contributed by atoms with Crippen LogP contribution in [0.2, 0.25) is 0 Å². The normalized spacial score (nSPS) is 14.2. The number of ether oxygens (including phenoxy) is 2. The lowest BCUT2D eigenvalue weighted by Gasteiger charge is -2.28. The van der Waals surface area contributed by atoms with Crippen molar-refractivity contribution in [2.75, 3.05) is 26.8 Å². The van der Waals surface area contributed by atoms with Gasteiger partial charge in [0.2, 0.25) is 0 Å². The second-order valence-corrected chi connectivity index (χ2v) is 8.55. The van der Waals surface area contributed by atoms with Crippen LogP contribution < -0.4 is 20.1 Å². The van der Waals surface area contributed by atoms with Gasteiger partial charge in [0.25, 0.3) is 0 Å². The third-order valence-corrected chi connectivity index (χ3v) is 5.73. The zero-order chi connectivity index (χ0) is 19.4. The van der Waals surface area contributed by atoms with Gasteiger partial charge in [0.05, 0.1) is 17.2 Å². The molecule has 6 nitrogen and oxygen atoms in total. The van der Waals surface area contributed by atoms with E-state index in [0.29, 0.717) is 13.2 Å². The van der Waals surface area contributed by atoms with Gasteiger partial charge in [-0.05, 0) is 31.5 Å². The Hall–Kier alpha value is -2.28. The Morgan fingerprint density at radius 3 is 2.59 bits per heavy atom. The van der Waals surface area contributed by atoms with E-state index >= 15 is 0 Å². The number of fused-ring (bicyclic) bond motifs is 1. The highest BCUT2D eigenvalue weighted by atomic mass is 32.1. The summed E-state index contributed by atoms with van der Waals surface area (Å²) >= 11 is 1.72. The van der Waals surface area contributed by atoms with Crippen LogP contribution in [-0.2, 0) is 12.0 Å². The lowest BCUT2D eigenvalue weighted by molar-refractivity contribution is 0.171. The van der Waals surface area contributed by atoms with Crippen LogP contribution in [0.3, 0.4) is 0 Å². The van der Waals surface area contributed by atoms with Gasteiger partial charge >= 0.3 is 0 Å². The van der Waals surface area contributed by atoms with E-state index in [0.717, 1.165) is 41.2 Å². The van der Waals surface area contributed by atoms with Crippen molar-refractivity contribution in [2.45, 2.75) is 39.7 Å². The summed E-state index contributed by atoms with van der Waals surface area (Å²) < 4.78 is 11.3. The number of aromatic nitrogens is 1. The third-order valence-electron chi connectivity index (χ3n) is 4.66. The molecule has 3 rings (SSSR count). The van der Waals surface area contributed by atoms with E-state index in [1.165, 1.54) is 10.4 Å². The van der Waals surface area contributed by atoms with Gasteiger partial charge in [-0.15, -0.1) is 11.3 Å². The molecular formula is C20H28N4O2S. The molecule has 27 heavy (non-hydrogen) atoms. The highest BCUT2D eigenvalue weighted by Crippen LogP contribution is 2.34. The fourth-order valence-corrected chi connectivity index (χ4v) is 3.87. The molecule has 0 unspecified atom stereocenters. The first kappa shape index (κ1) is 19.5. The van der Waals surface area contributed by atoms with Crippen LogP contribution in [0.5, 0.6) is 11.5 Å². The van der Waals surface area contributed by atoms with Crippen molar-refractivity contribution in [3.63, 3.8) is 0 Å². The third kappa shape index (κ3) is 4.71. The van der Waals surface area contributed by atoms with Gasteiger partial charge in [-0.25, -0.2) is 4.98 Å². The predicted molar refractivity (Wildman–Crippen MR) is 110 cm³/mol. The van der Waals surface area contributed by atoms with Crippen LogP contribution in [0.1, 0.15) is 35.0 Å². The van der Waals surface area contributed by atoms with E-state index in [4.69, 9.17) is 9.47 Å². The first-order valence-electron chi connectivity index (χ1n) is 9.16. The van der Waals surface area contributed by atoms with Gasteiger partial charge in [-0.1, -0.05) is 19.9 Å². The molecule has 0 fully saturated rings. The summed E-state index contributed by atoms with van der Waals surface area (Å²) in [6.45, 7) is 11.2. The number of rotatable bonds is 5. The highest BCUT2D eigenvalue weighted by Gasteiger charge is 2.24. The van der Waals surface area contributed by atoms with E-state index in [-0.39, 0.29) is 5.41 Å². The van der Waals surface area contributed by atoms with Crippen molar-refractivity contribution in [3.8, 4) is 11.5 Å². The minimum atomic E-state index is -0.0928. The fraction of sp³-hybridized carbons (Fsp3) is 0.500. The molecule has 2 heterocycles. The average molecular weight is 389 g/mol. The van der Waals surface area contributed by atoms with Crippen LogP contribution >= 0.6 is 11.3 Å². The minimum Gasteiger partial charge on any atom is -0.486 e. The number of nitrogens with one attached hydrogen (secondary N) is 2. The maximum atomic E-state index is 5.72. The van der Waals surface area contributed by atoms with Crippen molar-refractivity contribution >= 4 is 17.3 Å². The molecular weight excluding hydrogens is 360 g/mol. The standard InChI is InChI=1S/C20H28N4O2S/c1-13-18(27-14(2)24-13)11-22-19(21-5)23-12-20(3,4)15-6-7-16-17(10-15)26-9-8-25-16/h6-7,10H,8-9,11-12H2,1-5H3,(H2,21,22,23). The SMILES string of the molecule is CN=C(NCc1sc(C)nc1C)NCC(C)(C)c1ccc2c(c1)OCCO2. The summed E-state index contributed by atoms with van der Waals surface area (Å²) in [5.41, 5.74) is 2.19. The molecule has 0 atom stereocenters. The molecule has 146 valence electrons. The van der Waals surface area contributed by atoms with Crippen LogP contribution in [0.15, 0.2) is 23.2 Å². The Morgan fingerprint density at radius 2 is 1.93 bits per heavy atom. The van der Waals surface area contributed by atoms with E-state index in [9.17, 15) is 0 Å². The monoisotopic (exact) mass is 388 g/mol. The van der Waals surface area contributed by atoms with Gasteiger partial charge in [0.15, 0.2) is 17.5 Å². The van der Waals surface area contributed by atoms with Gasteiger partial charge in [0.1, 0.15) is 13.2 Å². The first-order valence-corrected chi connectivity index (χ1v) is 9.98. The Morgan fingerprint density at radius 1 is 1.19 bits per heavy atom. The molecule has 2 aromatic rings. The molecule has 1 aromatic heterocycles. The Bertz CT molecular complexity index is 829. The summed E-state index contributed by atoms with van der Waals surface area (Å²) in [4.78, 5) is 10.0. The van der Waals surface area contributed by atoms with Crippen molar-refractivity contribution < 1.29 is 9.47 Å². The van der Waals surface area contributed by atoms with Crippen LogP contribution in [0.4, 0.5) is 0 Å². The quantitative estimate of drug-likeness (QED) is 0.608. The maximum absolute atomic E-state index is 5.72. The molecule has 0 saturated carbocycles. The number of thiazole rings is 1. The summed E-state index contributed by atoms with van der Waals surface area (Å²) in [6, 6.07) is 6.18. The topological polar surface area (TPSA) is 67.8 Å². The molecule has 0 amide bonds. The number of nitrogens with zero attached hydrogens (tertiary/aromatic N) is 2. The van der Waals surface area contributed by atoms with Crippen LogP contribution in [-0.4, -0.2) is 37.7 Å². The molecule has 0 aliphatic carbocycles. The van der Waals surface area contributed by atoms with E-state index < -0.39 is 0 Å². The minimum absolute atomic E-state index is 0.0928. The lowest BCUT2D eigenvalue weighted by atomic mass is 9.84. The Labute approximate surface area is 165 Å². The summed E-state index contributed by atoms with van der Waals surface area (Å²) in [5.74, 6) is 2.43. The smallest absolute Gasteiger partial charge is 0.191 e. The number of benzene rings is 1. The van der Waals surface area contributed by atoms with E-state index in [2.05, 4.69) is 46.6 Å². The van der Waals surface area contributed by atoms with Crippen molar-refractivity contribution in [1.29, 1.82) is 0 Å². The van der Waals surface area contributed by atoms with Crippen molar-refractivity contribution in [3.05, 3.63) is 39.3 Å². The molecule has 1 aliphatic rings. The van der Waals surface area contributed by atoms with Crippen LogP contribution in [0, 0.1) is 13.8 Å². The maximum Gasteiger partial charge on any atom is 0.191 e. The molecule has 1 aromatic carbocycles. The van der Waals surface area contributed by atoms with Gasteiger partial charge in [-0.3, -0.25) is 4.99 Å². The number of hydrogen-bond donors (Lipinski definition) is 2. The average Bonchev–Trinajstić information content (AvgIpc) is 2.98. The molecule has 0 spiro atoms. The van der Waals surface area contributed by atoms with E-state index in [1.54, 1.807) is 18.4 Å². The first-order chi connectivity index (χ1) is 12.9. The largest absolute Gasteiger partial charge is 0.486 e. The van der Waals surface area contributed by atoms with Crippen molar-refractivity contribution in [1.82, 2.24) is 15.6 Å². The molecule has 0 saturated heterocycles. The number of aryl methyl sites for hydroxylation is 2. The Kier molecular flexibility index (Phi) is 5.89. The summed E-state index contributed by atoms with van der Waals surface area (Å²) in [7, 11) is 1.79. The van der Waals surface area contributed by atoms with Gasteiger partial charge < -0.3 is 20.1 Å². The number of aliphatic imine (C=N–C) groups is 1. The molecule has 2 N–H and O–H groups in total. The number of hydrogen-bond acceptors (Lipinski definition) is 5. The van der Waals surface area contributed by atoms with Crippen LogP contribution in [0.25, 0.3) is 0 Å². The predicted octanol–water partition coefficient (Wildman–Crippen LogP) is 3.17. The zero-order valence-electron chi connectivity index (χ0n) is 16.7. The van der Waals surface area contributed by atoms with Gasteiger partial charge in [0, 0.05) is 23.9 Å². The molecule has 1 aliphatic heterocycles. The Balaban J connectivity index is 1.60. The highest BCUT2D eigenvalue weighted by molar-refractivity contribution is 7.11. The molecule has 0 radical (unpaired) electrons.